The van der Waals surface area contributed by atoms with Crippen molar-refractivity contribution in [3.63, 3.8) is 0 Å². The van der Waals surface area contributed by atoms with E-state index in [-0.39, 0.29) is 5.91 Å². The van der Waals surface area contributed by atoms with E-state index in [0.29, 0.717) is 37.1 Å². The van der Waals surface area contributed by atoms with Gasteiger partial charge in [0.1, 0.15) is 11.6 Å². The maximum absolute atomic E-state index is 13.3. The smallest absolute Gasteiger partial charge is 0.223 e. The van der Waals surface area contributed by atoms with Crippen LogP contribution in [0, 0.1) is 25.2 Å². The number of carbonyl (C=O) groups excluding carboxylic acids is 1. The molecule has 0 saturated carbocycles. The van der Waals surface area contributed by atoms with Crippen LogP contribution in [0.4, 0.5) is 0 Å². The van der Waals surface area contributed by atoms with E-state index in [2.05, 4.69) is 40.4 Å². The molecule has 0 fully saturated rings. The summed E-state index contributed by atoms with van der Waals surface area (Å²) in [6, 6.07) is 22.5. The van der Waals surface area contributed by atoms with Crippen molar-refractivity contribution in [1.29, 1.82) is 5.26 Å². The van der Waals surface area contributed by atoms with E-state index in [0.717, 1.165) is 28.9 Å². The predicted octanol–water partition coefficient (Wildman–Crippen LogP) is 4.42. The third kappa shape index (κ3) is 5.09. The molecule has 0 saturated heterocycles. The van der Waals surface area contributed by atoms with Gasteiger partial charge in [0, 0.05) is 30.9 Å². The molecule has 0 unspecified atom stereocenters. The van der Waals surface area contributed by atoms with Gasteiger partial charge in [0.2, 0.25) is 5.91 Å². The lowest BCUT2D eigenvalue weighted by molar-refractivity contribution is -0.131. The van der Waals surface area contributed by atoms with Gasteiger partial charge in [0.15, 0.2) is 5.65 Å². The number of carbonyl (C=O) groups is 1. The van der Waals surface area contributed by atoms with Gasteiger partial charge in [-0.15, -0.1) is 0 Å². The number of hydrogen-bond acceptors (Lipinski definition) is 4. The molecular weight excluding hydrogens is 410 g/mol. The summed E-state index contributed by atoms with van der Waals surface area (Å²) >= 11 is 0. The molecule has 2 heterocycles. The third-order valence-electron chi connectivity index (χ3n) is 6.00. The maximum Gasteiger partial charge on any atom is 0.223 e. The molecule has 0 aliphatic rings. The fourth-order valence-electron chi connectivity index (χ4n) is 4.15. The minimum atomic E-state index is 0.117. The normalized spacial score (nSPS) is 10.8. The fourth-order valence-corrected chi connectivity index (χ4v) is 4.15. The van der Waals surface area contributed by atoms with Crippen LogP contribution in [0.1, 0.15) is 40.1 Å². The van der Waals surface area contributed by atoms with Crippen LogP contribution in [-0.4, -0.2) is 31.9 Å². The standard InChI is InChI=1S/C27H27N5O/c1-20-25(21(2)32-27(30-20)24(17-28)18-29-32)13-14-26(33)31(19-23-11-7-4-8-12-23)16-15-22-9-5-3-6-10-22/h3-12,18H,13-16,19H2,1-2H3. The SMILES string of the molecule is Cc1nc2c(C#N)cnn2c(C)c1CCC(=O)N(CCc1ccccc1)Cc1ccccc1. The van der Waals surface area contributed by atoms with Crippen molar-refractivity contribution in [3.8, 4) is 6.07 Å². The number of hydrogen-bond donors (Lipinski definition) is 0. The number of benzene rings is 2. The van der Waals surface area contributed by atoms with Crippen LogP contribution in [0.25, 0.3) is 5.65 Å². The Morgan fingerprint density at radius 2 is 1.67 bits per heavy atom. The first-order valence-electron chi connectivity index (χ1n) is 11.2. The number of rotatable bonds is 8. The van der Waals surface area contributed by atoms with Crippen LogP contribution in [-0.2, 0) is 24.2 Å². The summed E-state index contributed by atoms with van der Waals surface area (Å²) in [5.74, 6) is 0.117. The topological polar surface area (TPSA) is 74.3 Å². The summed E-state index contributed by atoms with van der Waals surface area (Å²) in [7, 11) is 0. The summed E-state index contributed by atoms with van der Waals surface area (Å²) in [6.45, 7) is 5.15. The van der Waals surface area contributed by atoms with Gasteiger partial charge in [-0.05, 0) is 43.4 Å². The first-order valence-corrected chi connectivity index (χ1v) is 11.2. The molecule has 33 heavy (non-hydrogen) atoms. The maximum atomic E-state index is 13.3. The number of aromatic nitrogens is 3. The van der Waals surface area contributed by atoms with Crippen molar-refractivity contribution >= 4 is 11.6 Å². The van der Waals surface area contributed by atoms with E-state index < -0.39 is 0 Å². The monoisotopic (exact) mass is 437 g/mol. The van der Waals surface area contributed by atoms with Gasteiger partial charge in [-0.3, -0.25) is 4.79 Å². The fraction of sp³-hybridized carbons (Fsp3) is 0.259. The lowest BCUT2D eigenvalue weighted by atomic mass is 10.1. The molecule has 0 bridgehead atoms. The Morgan fingerprint density at radius 1 is 1.00 bits per heavy atom. The highest BCUT2D eigenvalue weighted by Crippen LogP contribution is 2.19. The summed E-state index contributed by atoms with van der Waals surface area (Å²) in [6.07, 6.45) is 3.32. The van der Waals surface area contributed by atoms with Crippen molar-refractivity contribution < 1.29 is 4.79 Å². The van der Waals surface area contributed by atoms with Crippen molar-refractivity contribution in [1.82, 2.24) is 19.5 Å². The first-order chi connectivity index (χ1) is 16.1. The Bertz CT molecular complexity index is 1290. The zero-order valence-corrected chi connectivity index (χ0v) is 19.0. The third-order valence-corrected chi connectivity index (χ3v) is 6.00. The van der Waals surface area contributed by atoms with Gasteiger partial charge in [-0.1, -0.05) is 60.7 Å². The van der Waals surface area contributed by atoms with E-state index in [1.807, 2.05) is 55.1 Å². The summed E-state index contributed by atoms with van der Waals surface area (Å²) < 4.78 is 1.70. The van der Waals surface area contributed by atoms with Gasteiger partial charge in [0.25, 0.3) is 0 Å². The quantitative estimate of drug-likeness (QED) is 0.409. The summed E-state index contributed by atoms with van der Waals surface area (Å²) in [5.41, 5.74) is 6.13. The Hall–Kier alpha value is -3.98. The van der Waals surface area contributed by atoms with E-state index in [4.69, 9.17) is 0 Å². The molecule has 4 aromatic rings. The Kier molecular flexibility index (Phi) is 6.80. The van der Waals surface area contributed by atoms with Crippen LogP contribution in [0.2, 0.25) is 0 Å². The predicted molar refractivity (Wildman–Crippen MR) is 128 cm³/mol. The lowest BCUT2D eigenvalue weighted by Gasteiger charge is -2.23. The molecule has 0 spiro atoms. The van der Waals surface area contributed by atoms with Gasteiger partial charge in [-0.25, -0.2) is 9.50 Å². The van der Waals surface area contributed by atoms with Gasteiger partial charge in [0.05, 0.1) is 6.20 Å². The minimum absolute atomic E-state index is 0.117. The van der Waals surface area contributed by atoms with E-state index >= 15 is 0 Å². The Balaban J connectivity index is 1.51. The van der Waals surface area contributed by atoms with E-state index in [1.165, 1.54) is 11.8 Å². The molecule has 1 amide bonds. The average Bonchev–Trinajstić information content (AvgIpc) is 3.25. The van der Waals surface area contributed by atoms with E-state index in [9.17, 15) is 10.1 Å². The van der Waals surface area contributed by atoms with Gasteiger partial charge < -0.3 is 4.90 Å². The van der Waals surface area contributed by atoms with Crippen molar-refractivity contribution in [3.05, 3.63) is 101 Å². The van der Waals surface area contributed by atoms with Crippen molar-refractivity contribution in [2.24, 2.45) is 0 Å². The second kappa shape index (κ2) is 10.1. The minimum Gasteiger partial charge on any atom is -0.338 e. The molecule has 6 heteroatoms. The molecule has 0 N–H and O–H groups in total. The molecular formula is C27H27N5O. The summed E-state index contributed by atoms with van der Waals surface area (Å²) in [4.78, 5) is 19.9. The molecule has 0 aliphatic heterocycles. The number of amides is 1. The Morgan fingerprint density at radius 3 is 2.33 bits per heavy atom. The molecule has 0 radical (unpaired) electrons. The molecule has 6 nitrogen and oxygen atoms in total. The number of aryl methyl sites for hydroxylation is 2. The number of nitrogens with zero attached hydrogens (tertiary/aromatic N) is 5. The second-order valence-electron chi connectivity index (χ2n) is 8.20. The average molecular weight is 438 g/mol. The zero-order chi connectivity index (χ0) is 23.2. The largest absolute Gasteiger partial charge is 0.338 e. The van der Waals surface area contributed by atoms with Crippen molar-refractivity contribution in [2.75, 3.05) is 6.54 Å². The highest BCUT2D eigenvalue weighted by molar-refractivity contribution is 5.76. The first kappa shape index (κ1) is 22.2. The molecule has 2 aromatic heterocycles. The van der Waals surface area contributed by atoms with Gasteiger partial charge in [-0.2, -0.15) is 10.4 Å². The lowest BCUT2D eigenvalue weighted by Crippen LogP contribution is -2.32. The van der Waals surface area contributed by atoms with Crippen LogP contribution < -0.4 is 0 Å². The zero-order valence-electron chi connectivity index (χ0n) is 19.0. The molecule has 4 rings (SSSR count). The molecule has 2 aromatic carbocycles. The highest BCUT2D eigenvalue weighted by atomic mass is 16.2. The van der Waals surface area contributed by atoms with Crippen LogP contribution in [0.15, 0.2) is 66.9 Å². The van der Waals surface area contributed by atoms with E-state index in [1.54, 1.807) is 4.52 Å². The highest BCUT2D eigenvalue weighted by Gasteiger charge is 2.18. The number of fused-ring (bicyclic) bond motifs is 1. The Labute approximate surface area is 194 Å². The number of nitriles is 1. The van der Waals surface area contributed by atoms with Gasteiger partial charge >= 0.3 is 0 Å². The molecule has 0 aliphatic carbocycles. The molecule has 0 atom stereocenters. The van der Waals surface area contributed by atoms with Crippen LogP contribution >= 0.6 is 0 Å². The van der Waals surface area contributed by atoms with Crippen LogP contribution in [0.3, 0.4) is 0 Å². The van der Waals surface area contributed by atoms with Crippen LogP contribution in [0.5, 0.6) is 0 Å². The summed E-state index contributed by atoms with van der Waals surface area (Å²) in [5, 5.41) is 13.6. The van der Waals surface area contributed by atoms with Crippen molar-refractivity contribution in [2.45, 2.75) is 39.7 Å². The molecule has 166 valence electrons. The second-order valence-corrected chi connectivity index (χ2v) is 8.20.